The van der Waals surface area contributed by atoms with Crippen LogP contribution in [-0.4, -0.2) is 41.1 Å². The Bertz CT molecular complexity index is 1440. The number of benzene rings is 1. The Kier molecular flexibility index (Phi) is 6.22. The van der Waals surface area contributed by atoms with Crippen LogP contribution in [0.5, 0.6) is 0 Å². The minimum atomic E-state index is -0.196. The molecule has 1 aromatic carbocycles. The van der Waals surface area contributed by atoms with Crippen molar-refractivity contribution in [3.8, 4) is 11.9 Å². The number of anilines is 1. The van der Waals surface area contributed by atoms with Crippen molar-refractivity contribution in [3.63, 3.8) is 0 Å². The van der Waals surface area contributed by atoms with Gasteiger partial charge in [-0.3, -0.25) is 0 Å². The summed E-state index contributed by atoms with van der Waals surface area (Å²) in [6.07, 6.45) is 4.35. The molecule has 1 aliphatic heterocycles. The molecule has 3 aromatic heterocycles. The highest BCUT2D eigenvalue weighted by Crippen LogP contribution is 2.48. The molecule has 0 bridgehead atoms. The first-order valence-corrected chi connectivity index (χ1v) is 13.0. The minimum Gasteiger partial charge on any atom is -0.344 e. The van der Waals surface area contributed by atoms with E-state index < -0.39 is 0 Å². The predicted molar refractivity (Wildman–Crippen MR) is 147 cm³/mol. The number of aryl methyl sites for hydroxylation is 5. The van der Waals surface area contributed by atoms with Crippen molar-refractivity contribution >= 4 is 11.8 Å². The molecular weight excluding hydrogens is 460 g/mol. The summed E-state index contributed by atoms with van der Waals surface area (Å²) < 4.78 is 3.56. The van der Waals surface area contributed by atoms with E-state index in [4.69, 9.17) is 15.0 Å². The van der Waals surface area contributed by atoms with Gasteiger partial charge in [0.15, 0.2) is 5.82 Å². The van der Waals surface area contributed by atoms with E-state index >= 15 is 0 Å². The van der Waals surface area contributed by atoms with Gasteiger partial charge >= 0.3 is 0 Å². The third-order valence-corrected chi connectivity index (χ3v) is 7.08. The molecule has 0 saturated heterocycles. The molecule has 0 unspecified atom stereocenters. The molecule has 8 heteroatoms. The van der Waals surface area contributed by atoms with Gasteiger partial charge < -0.3 is 4.90 Å². The number of aromatic nitrogens is 7. The lowest BCUT2D eigenvalue weighted by Gasteiger charge is -2.27. The van der Waals surface area contributed by atoms with E-state index in [-0.39, 0.29) is 5.41 Å². The minimum absolute atomic E-state index is 0.196. The monoisotopic (exact) mass is 496 g/mol. The van der Waals surface area contributed by atoms with Gasteiger partial charge in [-0.1, -0.05) is 44.9 Å². The van der Waals surface area contributed by atoms with E-state index in [1.165, 1.54) is 22.5 Å². The van der Waals surface area contributed by atoms with Gasteiger partial charge in [0.1, 0.15) is 0 Å². The second-order valence-corrected chi connectivity index (χ2v) is 10.7. The Hall–Kier alpha value is -3.81. The van der Waals surface area contributed by atoms with Crippen LogP contribution in [0.3, 0.4) is 0 Å². The number of nitrogens with zero attached hydrogens (tertiary/aromatic N) is 8. The summed E-state index contributed by atoms with van der Waals surface area (Å²) in [7, 11) is 0. The molecule has 0 spiro atoms. The predicted octanol–water partition coefficient (Wildman–Crippen LogP) is 5.72. The zero-order chi connectivity index (χ0) is 26.5. The van der Waals surface area contributed by atoms with Gasteiger partial charge in [0.25, 0.3) is 11.9 Å². The van der Waals surface area contributed by atoms with Gasteiger partial charge in [0, 0.05) is 40.8 Å². The lowest BCUT2D eigenvalue weighted by atomic mass is 9.83. The summed E-state index contributed by atoms with van der Waals surface area (Å²) >= 11 is 0. The van der Waals surface area contributed by atoms with Crippen LogP contribution in [0, 0.1) is 34.6 Å². The Morgan fingerprint density at radius 2 is 1.41 bits per heavy atom. The van der Waals surface area contributed by atoms with Crippen molar-refractivity contribution in [2.24, 2.45) is 0 Å². The van der Waals surface area contributed by atoms with Crippen LogP contribution in [0.4, 0.5) is 5.69 Å². The Morgan fingerprint density at radius 1 is 0.811 bits per heavy atom. The van der Waals surface area contributed by atoms with Gasteiger partial charge in [-0.2, -0.15) is 25.1 Å². The highest BCUT2D eigenvalue weighted by atomic mass is 15.4. The summed E-state index contributed by atoms with van der Waals surface area (Å²) in [4.78, 5) is 17.0. The summed E-state index contributed by atoms with van der Waals surface area (Å²) in [5.41, 5.74) is 8.62. The van der Waals surface area contributed by atoms with Crippen LogP contribution in [0.2, 0.25) is 0 Å². The molecule has 1 aliphatic rings. The number of rotatable bonds is 6. The molecule has 4 heterocycles. The van der Waals surface area contributed by atoms with Crippen LogP contribution in [0.15, 0.2) is 36.0 Å². The van der Waals surface area contributed by atoms with Crippen LogP contribution >= 0.6 is 0 Å². The molecule has 0 fully saturated rings. The highest BCUT2D eigenvalue weighted by Gasteiger charge is 2.40. The molecule has 0 aliphatic carbocycles. The van der Waals surface area contributed by atoms with Gasteiger partial charge in [0.2, 0.25) is 0 Å². The number of allylic oxidation sites excluding steroid dienone is 1. The summed E-state index contributed by atoms with van der Waals surface area (Å²) in [6, 6.07) is 10.8. The molecule has 0 atom stereocenters. The maximum absolute atomic E-state index is 4.90. The summed E-state index contributed by atoms with van der Waals surface area (Å²) in [5.74, 6) is 1.56. The normalized spacial score (nSPS) is 15.6. The van der Waals surface area contributed by atoms with E-state index in [0.717, 1.165) is 42.2 Å². The Labute approximate surface area is 219 Å². The zero-order valence-electron chi connectivity index (χ0n) is 23.2. The summed E-state index contributed by atoms with van der Waals surface area (Å²) in [6.45, 7) is 17.9. The molecule has 0 amide bonds. The van der Waals surface area contributed by atoms with Crippen molar-refractivity contribution in [2.75, 3.05) is 11.4 Å². The topological polar surface area (TPSA) is 77.5 Å². The number of unbranched alkanes of at least 4 members (excludes halogenated alkanes) is 1. The standard InChI is InChI=1S/C29H36N8/c1-9-10-13-35-24-12-11-18(2)14-23(24)29(7,8)25(35)17-26-30-27(36-21(5)15-19(3)33-36)32-28(31-26)37-22(6)16-20(4)34-37/h11-12,14-17H,9-10,13H2,1-8H3/b25-17-. The Morgan fingerprint density at radius 3 is 1.92 bits per heavy atom. The van der Waals surface area contributed by atoms with E-state index in [1.54, 1.807) is 9.36 Å². The van der Waals surface area contributed by atoms with E-state index in [1.807, 2.05) is 39.8 Å². The molecule has 37 heavy (non-hydrogen) atoms. The third-order valence-electron chi connectivity index (χ3n) is 7.08. The molecule has 192 valence electrons. The zero-order valence-corrected chi connectivity index (χ0v) is 23.2. The van der Waals surface area contributed by atoms with Gasteiger partial charge in [0.05, 0.1) is 11.4 Å². The molecule has 8 nitrogen and oxygen atoms in total. The van der Waals surface area contributed by atoms with Crippen LogP contribution in [-0.2, 0) is 5.41 Å². The number of fused-ring (bicyclic) bond motifs is 1. The van der Waals surface area contributed by atoms with E-state index in [9.17, 15) is 0 Å². The molecule has 5 rings (SSSR count). The van der Waals surface area contributed by atoms with Crippen LogP contribution in [0.1, 0.15) is 73.3 Å². The SMILES string of the molecule is CCCCN1/C(=C\c2nc(-n3nc(C)cc3C)nc(-n3nc(C)cc3C)n2)C(C)(C)c2cc(C)ccc21. The second-order valence-electron chi connectivity index (χ2n) is 10.7. The maximum Gasteiger partial charge on any atom is 0.256 e. The smallest absolute Gasteiger partial charge is 0.256 e. The maximum atomic E-state index is 4.90. The quantitative estimate of drug-likeness (QED) is 0.340. The summed E-state index contributed by atoms with van der Waals surface area (Å²) in [5, 5.41) is 9.29. The fourth-order valence-electron chi connectivity index (χ4n) is 5.21. The van der Waals surface area contributed by atoms with Gasteiger partial charge in [-0.05, 0) is 64.8 Å². The number of hydrogen-bond acceptors (Lipinski definition) is 6. The van der Waals surface area contributed by atoms with Crippen LogP contribution < -0.4 is 4.90 Å². The fraction of sp³-hybridized carbons (Fsp3) is 0.414. The lowest BCUT2D eigenvalue weighted by Crippen LogP contribution is -2.27. The second kappa shape index (κ2) is 9.25. The molecular formula is C29H36N8. The van der Waals surface area contributed by atoms with Crippen molar-refractivity contribution in [3.05, 3.63) is 75.8 Å². The van der Waals surface area contributed by atoms with Crippen molar-refractivity contribution in [1.82, 2.24) is 34.5 Å². The van der Waals surface area contributed by atoms with Crippen molar-refractivity contribution in [1.29, 1.82) is 0 Å². The van der Waals surface area contributed by atoms with Crippen molar-refractivity contribution < 1.29 is 0 Å². The van der Waals surface area contributed by atoms with Crippen molar-refractivity contribution in [2.45, 2.75) is 73.6 Å². The molecule has 0 radical (unpaired) electrons. The number of hydrogen-bond donors (Lipinski definition) is 0. The van der Waals surface area contributed by atoms with Gasteiger partial charge in [-0.25, -0.2) is 9.36 Å². The third kappa shape index (κ3) is 4.45. The lowest BCUT2D eigenvalue weighted by molar-refractivity contribution is 0.627. The first-order valence-electron chi connectivity index (χ1n) is 13.0. The first kappa shape index (κ1) is 24.9. The first-order chi connectivity index (χ1) is 17.6. The fourth-order valence-corrected chi connectivity index (χ4v) is 5.21. The molecule has 0 saturated carbocycles. The molecule has 0 N–H and O–H groups in total. The molecule has 4 aromatic rings. The Balaban J connectivity index is 1.71. The average Bonchev–Trinajstić information content (AvgIpc) is 3.43. The van der Waals surface area contributed by atoms with E-state index in [0.29, 0.717) is 17.7 Å². The highest BCUT2D eigenvalue weighted by molar-refractivity contribution is 5.75. The van der Waals surface area contributed by atoms with Gasteiger partial charge in [-0.15, -0.1) is 0 Å². The van der Waals surface area contributed by atoms with Crippen LogP contribution in [0.25, 0.3) is 18.0 Å². The average molecular weight is 497 g/mol. The van der Waals surface area contributed by atoms with E-state index in [2.05, 4.69) is 67.1 Å². The largest absolute Gasteiger partial charge is 0.344 e.